The van der Waals surface area contributed by atoms with Crippen molar-refractivity contribution in [3.8, 4) is 0 Å². The SMILES string of the molecule is C1=C[C@H](N2CCCC[C@@H]2c2nnc3n2CCCC3)CCC1. The first-order chi connectivity index (χ1) is 10.4. The van der Waals surface area contributed by atoms with Crippen molar-refractivity contribution in [3.05, 3.63) is 23.8 Å². The summed E-state index contributed by atoms with van der Waals surface area (Å²) in [5.41, 5.74) is 0. The van der Waals surface area contributed by atoms with Crippen LogP contribution in [0.5, 0.6) is 0 Å². The Morgan fingerprint density at radius 3 is 2.81 bits per heavy atom. The number of hydrogen-bond donors (Lipinski definition) is 0. The van der Waals surface area contributed by atoms with Crippen molar-refractivity contribution in [2.75, 3.05) is 6.54 Å². The van der Waals surface area contributed by atoms with Crippen LogP contribution >= 0.6 is 0 Å². The topological polar surface area (TPSA) is 34.0 Å². The van der Waals surface area contributed by atoms with Crippen LogP contribution < -0.4 is 0 Å². The maximum atomic E-state index is 4.61. The first-order valence-electron chi connectivity index (χ1n) is 8.78. The third kappa shape index (κ3) is 2.54. The van der Waals surface area contributed by atoms with Gasteiger partial charge in [0.25, 0.3) is 0 Å². The maximum absolute atomic E-state index is 4.61. The van der Waals surface area contributed by atoms with Gasteiger partial charge in [0.05, 0.1) is 6.04 Å². The summed E-state index contributed by atoms with van der Waals surface area (Å²) in [7, 11) is 0. The summed E-state index contributed by atoms with van der Waals surface area (Å²) in [6.45, 7) is 2.35. The Bertz CT molecular complexity index is 519. The maximum Gasteiger partial charge on any atom is 0.150 e. The third-order valence-electron chi connectivity index (χ3n) is 5.39. The number of aromatic nitrogens is 3. The largest absolute Gasteiger partial charge is 0.314 e. The van der Waals surface area contributed by atoms with Crippen LogP contribution in [0, 0.1) is 0 Å². The molecule has 4 rings (SSSR count). The van der Waals surface area contributed by atoms with Crippen LogP contribution in [0.4, 0.5) is 0 Å². The number of allylic oxidation sites excluding steroid dienone is 1. The first-order valence-corrected chi connectivity index (χ1v) is 8.78. The summed E-state index contributed by atoms with van der Waals surface area (Å²) in [5, 5.41) is 9.09. The van der Waals surface area contributed by atoms with Gasteiger partial charge >= 0.3 is 0 Å². The van der Waals surface area contributed by atoms with E-state index in [-0.39, 0.29) is 0 Å². The molecule has 1 fully saturated rings. The molecule has 114 valence electrons. The molecule has 0 spiro atoms. The van der Waals surface area contributed by atoms with Gasteiger partial charge < -0.3 is 4.57 Å². The minimum absolute atomic E-state index is 0.492. The van der Waals surface area contributed by atoms with Crippen LogP contribution in [-0.4, -0.2) is 32.3 Å². The van der Waals surface area contributed by atoms with Crippen LogP contribution in [0.15, 0.2) is 12.2 Å². The van der Waals surface area contributed by atoms with E-state index >= 15 is 0 Å². The zero-order valence-electron chi connectivity index (χ0n) is 12.9. The molecule has 0 amide bonds. The lowest BCUT2D eigenvalue weighted by Crippen LogP contribution is -2.42. The van der Waals surface area contributed by atoms with Gasteiger partial charge in [0.1, 0.15) is 11.6 Å². The quantitative estimate of drug-likeness (QED) is 0.783. The van der Waals surface area contributed by atoms with Gasteiger partial charge in [0.15, 0.2) is 0 Å². The van der Waals surface area contributed by atoms with Crippen LogP contribution in [-0.2, 0) is 13.0 Å². The van der Waals surface area contributed by atoms with E-state index in [2.05, 4.69) is 31.8 Å². The lowest BCUT2D eigenvalue weighted by molar-refractivity contribution is 0.0997. The van der Waals surface area contributed by atoms with Gasteiger partial charge in [-0.1, -0.05) is 18.6 Å². The van der Waals surface area contributed by atoms with Crippen molar-refractivity contribution < 1.29 is 0 Å². The number of hydrogen-bond acceptors (Lipinski definition) is 3. The number of fused-ring (bicyclic) bond motifs is 1. The Kier molecular flexibility index (Phi) is 3.80. The predicted octanol–water partition coefficient (Wildman–Crippen LogP) is 3.25. The number of nitrogens with zero attached hydrogens (tertiary/aromatic N) is 4. The van der Waals surface area contributed by atoms with E-state index in [1.54, 1.807) is 0 Å². The molecule has 0 bridgehead atoms. The minimum Gasteiger partial charge on any atom is -0.314 e. The predicted molar refractivity (Wildman–Crippen MR) is 83.0 cm³/mol. The number of likely N-dealkylation sites (tertiary alicyclic amines) is 1. The number of piperidine rings is 1. The highest BCUT2D eigenvalue weighted by atomic mass is 15.3. The second kappa shape index (κ2) is 5.91. The molecule has 0 saturated carbocycles. The van der Waals surface area contributed by atoms with E-state index in [1.807, 2.05) is 0 Å². The van der Waals surface area contributed by atoms with Crippen molar-refractivity contribution in [1.82, 2.24) is 19.7 Å². The van der Waals surface area contributed by atoms with Crippen molar-refractivity contribution in [3.63, 3.8) is 0 Å². The monoisotopic (exact) mass is 286 g/mol. The minimum atomic E-state index is 0.492. The molecule has 3 aliphatic rings. The first kappa shape index (κ1) is 13.5. The molecule has 1 saturated heterocycles. The second-order valence-electron chi connectivity index (χ2n) is 6.76. The highest BCUT2D eigenvalue weighted by Crippen LogP contribution is 2.35. The number of rotatable bonds is 2. The summed E-state index contributed by atoms with van der Waals surface area (Å²) in [5.74, 6) is 2.48. The fourth-order valence-electron chi connectivity index (χ4n) is 4.28. The molecular formula is C17H26N4. The third-order valence-corrected chi connectivity index (χ3v) is 5.39. The zero-order chi connectivity index (χ0) is 14.1. The average Bonchev–Trinajstić information content (AvgIpc) is 3.00. The Morgan fingerprint density at radius 1 is 0.952 bits per heavy atom. The van der Waals surface area contributed by atoms with E-state index in [0.29, 0.717) is 12.1 Å². The fraction of sp³-hybridized carbons (Fsp3) is 0.765. The molecule has 2 aliphatic heterocycles. The van der Waals surface area contributed by atoms with E-state index in [9.17, 15) is 0 Å². The standard InChI is InChI=1S/C17H26N4/c1-2-8-14(9-3-1)20-12-6-4-10-15(20)17-19-18-16-11-5-7-13-21(16)17/h2,8,14-15H,1,3-7,9-13H2/t14-,15+/m0/s1. The Balaban J connectivity index is 1.63. The van der Waals surface area contributed by atoms with E-state index in [0.717, 1.165) is 13.0 Å². The zero-order valence-corrected chi connectivity index (χ0v) is 12.9. The lowest BCUT2D eigenvalue weighted by atomic mass is 9.94. The molecule has 2 atom stereocenters. The molecule has 1 aromatic heterocycles. The molecule has 4 nitrogen and oxygen atoms in total. The number of aryl methyl sites for hydroxylation is 1. The summed E-state index contributed by atoms with van der Waals surface area (Å²) in [4.78, 5) is 2.71. The molecule has 0 unspecified atom stereocenters. The normalized spacial score (nSPS) is 30.3. The van der Waals surface area contributed by atoms with Gasteiger partial charge in [-0.3, -0.25) is 4.90 Å². The molecule has 0 N–H and O–H groups in total. The van der Waals surface area contributed by atoms with Gasteiger partial charge in [0.2, 0.25) is 0 Å². The molecule has 4 heteroatoms. The van der Waals surface area contributed by atoms with Gasteiger partial charge in [-0.05, 0) is 51.5 Å². The summed E-state index contributed by atoms with van der Waals surface area (Å²) in [6.07, 6.45) is 16.3. The molecule has 0 radical (unpaired) electrons. The van der Waals surface area contributed by atoms with Crippen molar-refractivity contribution in [2.45, 2.75) is 76.4 Å². The summed E-state index contributed by atoms with van der Waals surface area (Å²) in [6, 6.07) is 1.12. The summed E-state index contributed by atoms with van der Waals surface area (Å²) < 4.78 is 2.43. The average molecular weight is 286 g/mol. The van der Waals surface area contributed by atoms with Gasteiger partial charge in [-0.15, -0.1) is 10.2 Å². The molecule has 1 aliphatic carbocycles. The van der Waals surface area contributed by atoms with Crippen molar-refractivity contribution >= 4 is 0 Å². The van der Waals surface area contributed by atoms with Crippen LogP contribution in [0.25, 0.3) is 0 Å². The van der Waals surface area contributed by atoms with Gasteiger partial charge in [-0.25, -0.2) is 0 Å². The molecule has 21 heavy (non-hydrogen) atoms. The van der Waals surface area contributed by atoms with E-state index < -0.39 is 0 Å². The van der Waals surface area contributed by atoms with Crippen molar-refractivity contribution in [2.24, 2.45) is 0 Å². The summed E-state index contributed by atoms with van der Waals surface area (Å²) >= 11 is 0. The molecule has 0 aromatic carbocycles. The Morgan fingerprint density at radius 2 is 1.90 bits per heavy atom. The molecule has 3 heterocycles. The second-order valence-corrected chi connectivity index (χ2v) is 6.76. The van der Waals surface area contributed by atoms with E-state index in [4.69, 9.17) is 0 Å². The smallest absolute Gasteiger partial charge is 0.150 e. The highest BCUT2D eigenvalue weighted by molar-refractivity contribution is 5.08. The van der Waals surface area contributed by atoms with Crippen LogP contribution in [0.2, 0.25) is 0 Å². The lowest BCUT2D eigenvalue weighted by Gasteiger charge is -2.40. The Labute approximate surface area is 127 Å². The fourth-order valence-corrected chi connectivity index (χ4v) is 4.28. The van der Waals surface area contributed by atoms with Gasteiger partial charge in [0, 0.05) is 19.0 Å². The van der Waals surface area contributed by atoms with Gasteiger partial charge in [-0.2, -0.15) is 0 Å². The molecule has 1 aromatic rings. The Hall–Kier alpha value is -1.16. The van der Waals surface area contributed by atoms with Crippen LogP contribution in [0.3, 0.4) is 0 Å². The molecular weight excluding hydrogens is 260 g/mol. The van der Waals surface area contributed by atoms with Crippen molar-refractivity contribution in [1.29, 1.82) is 0 Å². The van der Waals surface area contributed by atoms with Crippen LogP contribution in [0.1, 0.15) is 69.1 Å². The van der Waals surface area contributed by atoms with E-state index in [1.165, 1.54) is 69.6 Å². The highest BCUT2D eigenvalue weighted by Gasteiger charge is 2.33.